The van der Waals surface area contributed by atoms with Crippen LogP contribution in [0, 0.1) is 6.92 Å². The van der Waals surface area contributed by atoms with E-state index in [1.165, 1.54) is 12.8 Å². The second-order valence-corrected chi connectivity index (χ2v) is 5.38. The van der Waals surface area contributed by atoms with Crippen molar-refractivity contribution in [3.05, 3.63) is 29.3 Å². The molecule has 4 nitrogen and oxygen atoms in total. The highest BCUT2D eigenvalue weighted by Gasteiger charge is 2.15. The van der Waals surface area contributed by atoms with Gasteiger partial charge in [0.1, 0.15) is 5.75 Å². The number of nitrogens with one attached hydrogen (secondary N) is 1. The lowest BCUT2D eigenvalue weighted by Crippen LogP contribution is -2.36. The molecule has 4 heteroatoms. The predicted octanol–water partition coefficient (Wildman–Crippen LogP) is 1.25. The molecule has 0 spiro atoms. The number of phenols is 1. The fourth-order valence-corrected chi connectivity index (χ4v) is 2.56. The van der Waals surface area contributed by atoms with Crippen LogP contribution < -0.4 is 5.32 Å². The van der Waals surface area contributed by atoms with Crippen molar-refractivity contribution >= 4 is 0 Å². The summed E-state index contributed by atoms with van der Waals surface area (Å²) in [5.41, 5.74) is 1.77. The molecule has 0 aromatic heterocycles. The van der Waals surface area contributed by atoms with Crippen LogP contribution in [0.3, 0.4) is 0 Å². The highest BCUT2D eigenvalue weighted by atomic mass is 16.3. The van der Waals surface area contributed by atoms with Crippen LogP contribution in [0.25, 0.3) is 0 Å². The van der Waals surface area contributed by atoms with Gasteiger partial charge in [0.05, 0.1) is 6.10 Å². The Kier molecular flexibility index (Phi) is 5.19. The van der Waals surface area contributed by atoms with Gasteiger partial charge in [-0.3, -0.25) is 0 Å². The summed E-state index contributed by atoms with van der Waals surface area (Å²) in [6.45, 7) is 5.99. The third-order valence-corrected chi connectivity index (χ3v) is 3.68. The first-order chi connectivity index (χ1) is 9.16. The molecule has 2 rings (SSSR count). The number of hydrogen-bond acceptors (Lipinski definition) is 4. The maximum Gasteiger partial charge on any atom is 0.122 e. The zero-order valence-electron chi connectivity index (χ0n) is 11.6. The number of hydrogen-bond donors (Lipinski definition) is 3. The molecular formula is C15H24N2O2. The SMILES string of the molecule is Cc1cccc(CNCC(O)CN2CCCC2)c1O. The van der Waals surface area contributed by atoms with Crippen molar-refractivity contribution in [1.82, 2.24) is 10.2 Å². The van der Waals surface area contributed by atoms with Gasteiger partial charge in [-0.25, -0.2) is 0 Å². The highest BCUT2D eigenvalue weighted by Crippen LogP contribution is 2.20. The fraction of sp³-hybridized carbons (Fsp3) is 0.600. The molecule has 106 valence electrons. The number of rotatable bonds is 6. The van der Waals surface area contributed by atoms with E-state index in [-0.39, 0.29) is 6.10 Å². The van der Waals surface area contributed by atoms with Crippen LogP contribution in [0.1, 0.15) is 24.0 Å². The topological polar surface area (TPSA) is 55.7 Å². The van der Waals surface area contributed by atoms with Gasteiger partial charge in [0.15, 0.2) is 0 Å². The summed E-state index contributed by atoms with van der Waals surface area (Å²) in [4.78, 5) is 2.30. The highest BCUT2D eigenvalue weighted by molar-refractivity contribution is 5.39. The van der Waals surface area contributed by atoms with Crippen molar-refractivity contribution in [3.63, 3.8) is 0 Å². The van der Waals surface area contributed by atoms with Crippen LogP contribution in [0.15, 0.2) is 18.2 Å². The van der Waals surface area contributed by atoms with E-state index in [2.05, 4.69) is 10.2 Å². The van der Waals surface area contributed by atoms with Gasteiger partial charge in [-0.1, -0.05) is 18.2 Å². The van der Waals surface area contributed by atoms with Crippen LogP contribution in [0.5, 0.6) is 5.75 Å². The Balaban J connectivity index is 1.72. The van der Waals surface area contributed by atoms with Crippen LogP contribution >= 0.6 is 0 Å². The number of phenolic OH excluding ortho intramolecular Hbond substituents is 1. The van der Waals surface area contributed by atoms with Crippen molar-refractivity contribution in [2.45, 2.75) is 32.4 Å². The molecule has 1 aromatic carbocycles. The average molecular weight is 264 g/mol. The lowest BCUT2D eigenvalue weighted by atomic mass is 10.1. The Morgan fingerprint density at radius 2 is 2.05 bits per heavy atom. The van der Waals surface area contributed by atoms with Gasteiger partial charge in [-0.15, -0.1) is 0 Å². The minimum Gasteiger partial charge on any atom is -0.507 e. The molecule has 0 aliphatic carbocycles. The number of aliphatic hydroxyl groups is 1. The third kappa shape index (κ3) is 4.20. The molecule has 1 unspecified atom stereocenters. The van der Waals surface area contributed by atoms with Crippen molar-refractivity contribution in [2.24, 2.45) is 0 Å². The van der Waals surface area contributed by atoms with Crippen molar-refractivity contribution in [1.29, 1.82) is 0 Å². The summed E-state index contributed by atoms with van der Waals surface area (Å²) in [6, 6.07) is 5.73. The zero-order chi connectivity index (χ0) is 13.7. The van der Waals surface area contributed by atoms with Crippen molar-refractivity contribution < 1.29 is 10.2 Å². The molecule has 3 N–H and O–H groups in total. The molecule has 0 amide bonds. The van der Waals surface area contributed by atoms with Crippen molar-refractivity contribution in [2.75, 3.05) is 26.2 Å². The normalized spacial score (nSPS) is 17.8. The Morgan fingerprint density at radius 3 is 2.79 bits per heavy atom. The van der Waals surface area contributed by atoms with Gasteiger partial charge in [-0.05, 0) is 38.4 Å². The number of nitrogens with zero attached hydrogens (tertiary/aromatic N) is 1. The zero-order valence-corrected chi connectivity index (χ0v) is 11.6. The van der Waals surface area contributed by atoms with Crippen molar-refractivity contribution in [3.8, 4) is 5.75 Å². The Hall–Kier alpha value is -1.10. The smallest absolute Gasteiger partial charge is 0.122 e. The van der Waals surface area contributed by atoms with Crippen LogP contribution in [-0.4, -0.2) is 47.4 Å². The van der Waals surface area contributed by atoms with Gasteiger partial charge < -0.3 is 20.4 Å². The summed E-state index contributed by atoms with van der Waals surface area (Å²) in [7, 11) is 0. The maximum absolute atomic E-state index is 9.94. The standard InChI is InChI=1S/C15H24N2O2/c1-12-5-4-6-13(15(12)19)9-16-10-14(18)11-17-7-2-3-8-17/h4-6,14,16,18-19H,2-3,7-11H2,1H3. The van der Waals surface area contributed by atoms with E-state index in [0.717, 1.165) is 30.8 Å². The number of benzene rings is 1. The van der Waals surface area contributed by atoms with E-state index < -0.39 is 0 Å². The van der Waals surface area contributed by atoms with E-state index in [1.807, 2.05) is 25.1 Å². The van der Waals surface area contributed by atoms with Gasteiger partial charge in [-0.2, -0.15) is 0 Å². The molecule has 1 atom stereocenters. The lowest BCUT2D eigenvalue weighted by molar-refractivity contribution is 0.123. The van der Waals surface area contributed by atoms with E-state index in [9.17, 15) is 10.2 Å². The number of aliphatic hydroxyl groups excluding tert-OH is 1. The Bertz CT molecular complexity index is 403. The number of β-amino-alcohol motifs (C(OH)–C–C–N with tert-alkyl or cyclic N) is 1. The van der Waals surface area contributed by atoms with Crippen LogP contribution in [0.4, 0.5) is 0 Å². The second kappa shape index (κ2) is 6.89. The molecule has 1 aliphatic rings. The van der Waals surface area contributed by atoms with E-state index in [1.54, 1.807) is 0 Å². The second-order valence-electron chi connectivity index (χ2n) is 5.38. The van der Waals surface area contributed by atoms with Gasteiger partial charge in [0, 0.05) is 25.2 Å². The van der Waals surface area contributed by atoms with Crippen LogP contribution in [0.2, 0.25) is 0 Å². The largest absolute Gasteiger partial charge is 0.507 e. The lowest BCUT2D eigenvalue weighted by Gasteiger charge is -2.19. The first-order valence-corrected chi connectivity index (χ1v) is 7.05. The molecule has 1 aromatic rings. The molecule has 1 aliphatic heterocycles. The van der Waals surface area contributed by atoms with E-state index in [0.29, 0.717) is 18.8 Å². The van der Waals surface area contributed by atoms with Gasteiger partial charge in [0.2, 0.25) is 0 Å². The molecule has 1 fully saturated rings. The number of likely N-dealkylation sites (tertiary alicyclic amines) is 1. The summed E-state index contributed by atoms with van der Waals surface area (Å²) in [5, 5.41) is 23.0. The minimum atomic E-state index is -0.343. The minimum absolute atomic E-state index is 0.343. The quantitative estimate of drug-likeness (QED) is 0.724. The molecule has 1 heterocycles. The maximum atomic E-state index is 9.94. The number of aryl methyl sites for hydroxylation is 1. The summed E-state index contributed by atoms with van der Waals surface area (Å²) in [6.07, 6.45) is 2.15. The Labute approximate surface area is 115 Å². The average Bonchev–Trinajstić information content (AvgIpc) is 2.87. The number of para-hydroxylation sites is 1. The summed E-state index contributed by atoms with van der Waals surface area (Å²) in [5.74, 6) is 0.351. The molecule has 19 heavy (non-hydrogen) atoms. The van der Waals surface area contributed by atoms with Gasteiger partial charge >= 0.3 is 0 Å². The monoisotopic (exact) mass is 264 g/mol. The summed E-state index contributed by atoms with van der Waals surface area (Å²) < 4.78 is 0. The number of aromatic hydroxyl groups is 1. The fourth-order valence-electron chi connectivity index (χ4n) is 2.56. The molecule has 0 bridgehead atoms. The van der Waals surface area contributed by atoms with Crippen LogP contribution in [-0.2, 0) is 6.54 Å². The van der Waals surface area contributed by atoms with Gasteiger partial charge in [0.25, 0.3) is 0 Å². The molecule has 0 saturated carbocycles. The molecule has 0 radical (unpaired) electrons. The first-order valence-electron chi connectivity index (χ1n) is 7.05. The first kappa shape index (κ1) is 14.3. The predicted molar refractivity (Wildman–Crippen MR) is 76.2 cm³/mol. The molecular weight excluding hydrogens is 240 g/mol. The Morgan fingerprint density at radius 1 is 1.32 bits per heavy atom. The van der Waals surface area contributed by atoms with E-state index >= 15 is 0 Å². The summed E-state index contributed by atoms with van der Waals surface area (Å²) >= 11 is 0. The third-order valence-electron chi connectivity index (χ3n) is 3.68. The molecule has 1 saturated heterocycles. The van der Waals surface area contributed by atoms with E-state index in [4.69, 9.17) is 0 Å².